The zero-order valence-electron chi connectivity index (χ0n) is 16.3. The number of fused-ring (bicyclic) bond motifs is 1. The standard InChI is InChI=1S/C22H32N2O2/c1-3-24(4-2)21(26)22(14-8-5-9-15-22)23-20(25)19-13-12-17-10-6-7-11-18(17)16-19/h12-13,16H,3-11,14-15H2,1-2H3,(H,23,25). The molecular formula is C22H32N2O2. The number of nitrogens with one attached hydrogen (secondary N) is 1. The lowest BCUT2D eigenvalue weighted by Gasteiger charge is -2.40. The molecule has 1 fully saturated rings. The fourth-order valence-electron chi connectivity index (χ4n) is 4.53. The highest BCUT2D eigenvalue weighted by molar-refractivity contribution is 5.99. The highest BCUT2D eigenvalue weighted by Crippen LogP contribution is 2.31. The Bertz CT molecular complexity index is 658. The molecule has 26 heavy (non-hydrogen) atoms. The first-order valence-electron chi connectivity index (χ1n) is 10.3. The Labute approximate surface area is 157 Å². The molecule has 2 amide bonds. The zero-order chi connectivity index (χ0) is 18.6. The van der Waals surface area contributed by atoms with Crippen molar-refractivity contribution in [2.45, 2.75) is 77.2 Å². The number of hydrogen-bond acceptors (Lipinski definition) is 2. The maximum absolute atomic E-state index is 13.2. The van der Waals surface area contributed by atoms with Crippen LogP contribution in [0.3, 0.4) is 0 Å². The lowest BCUT2D eigenvalue weighted by molar-refractivity contribution is -0.139. The summed E-state index contributed by atoms with van der Waals surface area (Å²) in [7, 11) is 0. The Morgan fingerprint density at radius 2 is 1.62 bits per heavy atom. The topological polar surface area (TPSA) is 49.4 Å². The third kappa shape index (κ3) is 3.79. The van der Waals surface area contributed by atoms with Gasteiger partial charge in [-0.2, -0.15) is 0 Å². The Morgan fingerprint density at radius 1 is 0.962 bits per heavy atom. The fraction of sp³-hybridized carbons (Fsp3) is 0.636. The molecule has 3 rings (SSSR count). The molecule has 1 N–H and O–H groups in total. The first kappa shape index (κ1) is 18.9. The second-order valence-corrected chi connectivity index (χ2v) is 7.76. The van der Waals surface area contributed by atoms with E-state index in [0.717, 1.165) is 44.9 Å². The molecule has 0 spiro atoms. The molecule has 0 heterocycles. The summed E-state index contributed by atoms with van der Waals surface area (Å²) < 4.78 is 0. The fourth-order valence-corrected chi connectivity index (χ4v) is 4.53. The average molecular weight is 357 g/mol. The Balaban J connectivity index is 1.82. The summed E-state index contributed by atoms with van der Waals surface area (Å²) in [6.07, 6.45) is 9.24. The summed E-state index contributed by atoms with van der Waals surface area (Å²) in [5, 5.41) is 3.17. The maximum Gasteiger partial charge on any atom is 0.252 e. The van der Waals surface area contributed by atoms with E-state index >= 15 is 0 Å². The van der Waals surface area contributed by atoms with Gasteiger partial charge in [0.25, 0.3) is 5.91 Å². The molecule has 2 aliphatic rings. The SMILES string of the molecule is CCN(CC)C(=O)C1(NC(=O)c2ccc3c(c2)CCCC3)CCCCC1. The van der Waals surface area contributed by atoms with Gasteiger partial charge in [-0.05, 0) is 75.6 Å². The monoisotopic (exact) mass is 356 g/mol. The van der Waals surface area contributed by atoms with Gasteiger partial charge in [0.15, 0.2) is 0 Å². The number of hydrogen-bond donors (Lipinski definition) is 1. The van der Waals surface area contributed by atoms with Gasteiger partial charge >= 0.3 is 0 Å². The van der Waals surface area contributed by atoms with Gasteiger partial charge in [0.2, 0.25) is 5.91 Å². The van der Waals surface area contributed by atoms with Crippen LogP contribution < -0.4 is 5.32 Å². The van der Waals surface area contributed by atoms with E-state index in [4.69, 9.17) is 0 Å². The maximum atomic E-state index is 13.2. The van der Waals surface area contributed by atoms with E-state index in [-0.39, 0.29) is 11.8 Å². The van der Waals surface area contributed by atoms with E-state index in [1.807, 2.05) is 30.9 Å². The van der Waals surface area contributed by atoms with Gasteiger partial charge in [0, 0.05) is 18.7 Å². The van der Waals surface area contributed by atoms with Crippen LogP contribution in [0.5, 0.6) is 0 Å². The van der Waals surface area contributed by atoms with E-state index < -0.39 is 5.54 Å². The molecule has 0 radical (unpaired) electrons. The van der Waals surface area contributed by atoms with Gasteiger partial charge in [-0.3, -0.25) is 9.59 Å². The number of aryl methyl sites for hydroxylation is 2. The quantitative estimate of drug-likeness (QED) is 0.871. The number of carbonyl (C=O) groups is 2. The molecule has 142 valence electrons. The van der Waals surface area contributed by atoms with Crippen LogP contribution in [0.4, 0.5) is 0 Å². The number of rotatable bonds is 5. The van der Waals surface area contributed by atoms with Crippen molar-refractivity contribution >= 4 is 11.8 Å². The molecule has 1 aromatic rings. The largest absolute Gasteiger partial charge is 0.341 e. The molecule has 4 heteroatoms. The first-order valence-corrected chi connectivity index (χ1v) is 10.3. The number of likely N-dealkylation sites (N-methyl/N-ethyl adjacent to an activating group) is 1. The van der Waals surface area contributed by atoms with Crippen LogP contribution >= 0.6 is 0 Å². The van der Waals surface area contributed by atoms with Crippen molar-refractivity contribution in [1.29, 1.82) is 0 Å². The van der Waals surface area contributed by atoms with E-state index in [1.165, 1.54) is 24.0 Å². The summed E-state index contributed by atoms with van der Waals surface area (Å²) in [5.74, 6) is -0.00529. The third-order valence-electron chi connectivity index (χ3n) is 6.13. The first-order chi connectivity index (χ1) is 12.6. The lowest BCUT2D eigenvalue weighted by Crippen LogP contribution is -2.60. The molecule has 0 unspecified atom stereocenters. The minimum absolute atomic E-state index is 0.0912. The molecule has 0 saturated heterocycles. The van der Waals surface area contributed by atoms with Gasteiger partial charge in [-0.15, -0.1) is 0 Å². The predicted octanol–water partition coefficient (Wildman–Crippen LogP) is 3.87. The van der Waals surface area contributed by atoms with Crippen LogP contribution in [0.25, 0.3) is 0 Å². The van der Waals surface area contributed by atoms with Crippen molar-refractivity contribution in [3.05, 3.63) is 34.9 Å². The molecule has 4 nitrogen and oxygen atoms in total. The van der Waals surface area contributed by atoms with Crippen LogP contribution in [-0.2, 0) is 17.6 Å². The summed E-state index contributed by atoms with van der Waals surface area (Å²) in [4.78, 5) is 28.1. The molecule has 1 saturated carbocycles. The van der Waals surface area contributed by atoms with Crippen molar-refractivity contribution < 1.29 is 9.59 Å². The zero-order valence-corrected chi connectivity index (χ0v) is 16.3. The van der Waals surface area contributed by atoms with Gasteiger partial charge < -0.3 is 10.2 Å². The van der Waals surface area contributed by atoms with E-state index in [0.29, 0.717) is 18.7 Å². The van der Waals surface area contributed by atoms with Gasteiger partial charge in [-0.25, -0.2) is 0 Å². The second kappa shape index (κ2) is 8.24. The van der Waals surface area contributed by atoms with Crippen LogP contribution in [0.1, 0.15) is 80.3 Å². The summed E-state index contributed by atoms with van der Waals surface area (Å²) in [6, 6.07) is 6.07. The van der Waals surface area contributed by atoms with Gasteiger partial charge in [-0.1, -0.05) is 25.3 Å². The number of benzene rings is 1. The Hall–Kier alpha value is -1.84. The second-order valence-electron chi connectivity index (χ2n) is 7.76. The molecule has 0 aromatic heterocycles. The summed E-state index contributed by atoms with van der Waals surface area (Å²) in [6.45, 7) is 5.38. The number of nitrogens with zero attached hydrogens (tertiary/aromatic N) is 1. The smallest absolute Gasteiger partial charge is 0.252 e. The van der Waals surface area contributed by atoms with Crippen LogP contribution in [-0.4, -0.2) is 35.3 Å². The normalized spacial score (nSPS) is 18.7. The molecule has 1 aromatic carbocycles. The van der Waals surface area contributed by atoms with E-state index in [2.05, 4.69) is 11.4 Å². The highest BCUT2D eigenvalue weighted by Gasteiger charge is 2.42. The van der Waals surface area contributed by atoms with Gasteiger partial charge in [0.1, 0.15) is 5.54 Å². The van der Waals surface area contributed by atoms with Gasteiger partial charge in [0.05, 0.1) is 0 Å². The molecule has 2 aliphatic carbocycles. The average Bonchev–Trinajstić information content (AvgIpc) is 2.69. The molecular weight excluding hydrogens is 324 g/mol. The predicted molar refractivity (Wildman–Crippen MR) is 104 cm³/mol. The van der Waals surface area contributed by atoms with Crippen molar-refractivity contribution in [3.63, 3.8) is 0 Å². The summed E-state index contributed by atoms with van der Waals surface area (Å²) >= 11 is 0. The molecule has 0 bridgehead atoms. The van der Waals surface area contributed by atoms with Crippen molar-refractivity contribution in [2.24, 2.45) is 0 Å². The minimum atomic E-state index is -0.725. The van der Waals surface area contributed by atoms with Crippen molar-refractivity contribution in [2.75, 3.05) is 13.1 Å². The molecule has 0 aliphatic heterocycles. The van der Waals surface area contributed by atoms with E-state index in [9.17, 15) is 9.59 Å². The Morgan fingerprint density at radius 3 is 2.27 bits per heavy atom. The third-order valence-corrected chi connectivity index (χ3v) is 6.13. The van der Waals surface area contributed by atoms with Crippen LogP contribution in [0, 0.1) is 0 Å². The Kier molecular flexibility index (Phi) is 6.00. The highest BCUT2D eigenvalue weighted by atomic mass is 16.2. The lowest BCUT2D eigenvalue weighted by atomic mass is 9.80. The molecule has 0 atom stereocenters. The van der Waals surface area contributed by atoms with Crippen LogP contribution in [0.2, 0.25) is 0 Å². The van der Waals surface area contributed by atoms with Crippen molar-refractivity contribution in [1.82, 2.24) is 10.2 Å². The summed E-state index contributed by atoms with van der Waals surface area (Å²) in [5.41, 5.74) is 2.65. The van der Waals surface area contributed by atoms with Crippen LogP contribution in [0.15, 0.2) is 18.2 Å². The number of amides is 2. The number of carbonyl (C=O) groups excluding carboxylic acids is 2. The van der Waals surface area contributed by atoms with E-state index in [1.54, 1.807) is 0 Å². The van der Waals surface area contributed by atoms with Crippen molar-refractivity contribution in [3.8, 4) is 0 Å². The minimum Gasteiger partial charge on any atom is -0.341 e.